The van der Waals surface area contributed by atoms with Crippen LogP contribution in [0.15, 0.2) is 59.2 Å². The van der Waals surface area contributed by atoms with Crippen LogP contribution in [0.25, 0.3) is 0 Å². The highest BCUT2D eigenvalue weighted by molar-refractivity contribution is 5.94. The summed E-state index contributed by atoms with van der Waals surface area (Å²) in [5.41, 5.74) is 10.7. The first-order chi connectivity index (χ1) is 11.9. The Morgan fingerprint density at radius 2 is 1.56 bits per heavy atom. The molecule has 1 aromatic rings. The minimum absolute atomic E-state index is 0.280. The molecule has 1 aromatic carbocycles. The van der Waals surface area contributed by atoms with E-state index < -0.39 is 0 Å². The second kappa shape index (κ2) is 11.3. The van der Waals surface area contributed by atoms with Crippen LogP contribution in [0, 0.1) is 0 Å². The van der Waals surface area contributed by atoms with Crippen LogP contribution in [0.2, 0.25) is 0 Å². The first-order valence-corrected chi connectivity index (χ1v) is 8.86. The van der Waals surface area contributed by atoms with E-state index in [9.17, 15) is 4.79 Å². The van der Waals surface area contributed by atoms with Gasteiger partial charge in [-0.25, -0.2) is 4.79 Å². The van der Waals surface area contributed by atoms with Crippen molar-refractivity contribution in [1.29, 1.82) is 0 Å². The number of rotatable bonds is 9. The van der Waals surface area contributed by atoms with E-state index in [1.807, 2.05) is 6.08 Å². The van der Waals surface area contributed by atoms with E-state index in [1.165, 1.54) is 16.7 Å². The zero-order valence-corrected chi connectivity index (χ0v) is 16.0. The number of esters is 1. The average Bonchev–Trinajstić information content (AvgIpc) is 2.54. The number of hydrogen-bond donors (Lipinski definition) is 1. The summed E-state index contributed by atoms with van der Waals surface area (Å²) in [6.45, 7) is 8.79. The maximum Gasteiger partial charge on any atom is 0.340 e. The molecule has 2 N–H and O–H groups in total. The van der Waals surface area contributed by atoms with Gasteiger partial charge in [-0.15, -0.1) is 0 Å². The minimum Gasteiger partial charge on any atom is -0.458 e. The molecule has 0 aliphatic rings. The summed E-state index contributed by atoms with van der Waals surface area (Å²) < 4.78 is 5.27. The van der Waals surface area contributed by atoms with Gasteiger partial charge in [0.25, 0.3) is 0 Å². The number of ether oxygens (including phenoxy) is 1. The van der Waals surface area contributed by atoms with Crippen molar-refractivity contribution in [3.63, 3.8) is 0 Å². The Morgan fingerprint density at radius 3 is 2.20 bits per heavy atom. The molecule has 136 valence electrons. The van der Waals surface area contributed by atoms with Crippen molar-refractivity contribution < 1.29 is 9.53 Å². The van der Waals surface area contributed by atoms with Gasteiger partial charge in [0, 0.05) is 5.69 Å². The van der Waals surface area contributed by atoms with Crippen LogP contribution in [0.3, 0.4) is 0 Å². The summed E-state index contributed by atoms with van der Waals surface area (Å²) in [6, 6.07) is 6.95. The highest BCUT2D eigenvalue weighted by atomic mass is 16.5. The average molecular weight is 341 g/mol. The fourth-order valence-electron chi connectivity index (χ4n) is 2.36. The minimum atomic E-state index is -0.378. The fraction of sp³-hybridized carbons (Fsp3) is 0.409. The van der Waals surface area contributed by atoms with Crippen LogP contribution in [0.4, 0.5) is 5.69 Å². The molecule has 0 saturated heterocycles. The second-order valence-corrected chi connectivity index (χ2v) is 6.65. The highest BCUT2D eigenvalue weighted by Gasteiger charge is 2.09. The van der Waals surface area contributed by atoms with E-state index in [0.29, 0.717) is 11.3 Å². The largest absolute Gasteiger partial charge is 0.458 e. The number of nitrogens with two attached hydrogens (primary N) is 1. The standard InChI is InChI=1S/C22H31NO2/c1-17(2)9-7-10-18(3)11-8-12-19(4)15-16-25-22(24)20-13-5-6-14-21(20)23/h5-6,9,11,13-15H,7-8,10,12,16,23H2,1-4H3. The summed E-state index contributed by atoms with van der Waals surface area (Å²) in [6.07, 6.45) is 10.8. The summed E-state index contributed by atoms with van der Waals surface area (Å²) in [5.74, 6) is -0.378. The lowest BCUT2D eigenvalue weighted by atomic mass is 10.1. The number of allylic oxidation sites excluding steroid dienone is 5. The Morgan fingerprint density at radius 1 is 0.960 bits per heavy atom. The second-order valence-electron chi connectivity index (χ2n) is 6.65. The number of nitrogen functional groups attached to an aromatic ring is 1. The van der Waals surface area contributed by atoms with Crippen molar-refractivity contribution in [3.8, 4) is 0 Å². The number of benzene rings is 1. The van der Waals surface area contributed by atoms with E-state index in [-0.39, 0.29) is 12.6 Å². The molecule has 0 saturated carbocycles. The maximum atomic E-state index is 12.0. The van der Waals surface area contributed by atoms with Gasteiger partial charge in [0.1, 0.15) is 6.61 Å². The van der Waals surface area contributed by atoms with Gasteiger partial charge in [-0.2, -0.15) is 0 Å². The predicted octanol–water partition coefficient (Wildman–Crippen LogP) is 5.84. The normalized spacial score (nSPS) is 12.0. The lowest BCUT2D eigenvalue weighted by molar-refractivity contribution is 0.0550. The van der Waals surface area contributed by atoms with Gasteiger partial charge in [0.2, 0.25) is 0 Å². The fourth-order valence-corrected chi connectivity index (χ4v) is 2.36. The molecule has 0 heterocycles. The van der Waals surface area contributed by atoms with Crippen LogP contribution >= 0.6 is 0 Å². The number of carbonyl (C=O) groups excluding carboxylic acids is 1. The van der Waals surface area contributed by atoms with Crippen LogP contribution < -0.4 is 5.73 Å². The third kappa shape index (κ3) is 8.94. The van der Waals surface area contributed by atoms with Gasteiger partial charge >= 0.3 is 5.97 Å². The first-order valence-electron chi connectivity index (χ1n) is 8.86. The summed E-state index contributed by atoms with van der Waals surface area (Å²) in [5, 5.41) is 0. The van der Waals surface area contributed by atoms with Crippen LogP contribution in [-0.2, 0) is 4.74 Å². The van der Waals surface area contributed by atoms with Crippen LogP contribution in [0.5, 0.6) is 0 Å². The SMILES string of the molecule is CC(C)=CCCC(C)=CCCC(C)=CCOC(=O)c1ccccc1N. The van der Waals surface area contributed by atoms with Gasteiger partial charge in [0.05, 0.1) is 5.56 Å². The van der Waals surface area contributed by atoms with Crippen LogP contribution in [-0.4, -0.2) is 12.6 Å². The zero-order chi connectivity index (χ0) is 18.7. The molecular formula is C22H31NO2. The van der Waals surface area contributed by atoms with Gasteiger partial charge in [-0.3, -0.25) is 0 Å². The summed E-state index contributed by atoms with van der Waals surface area (Å²) in [7, 11) is 0. The van der Waals surface area contributed by atoms with Crippen molar-refractivity contribution in [2.24, 2.45) is 0 Å². The van der Waals surface area contributed by atoms with E-state index in [0.717, 1.165) is 25.7 Å². The third-order valence-corrected chi connectivity index (χ3v) is 3.95. The van der Waals surface area contributed by atoms with Crippen molar-refractivity contribution in [1.82, 2.24) is 0 Å². The molecule has 3 nitrogen and oxygen atoms in total. The van der Waals surface area contributed by atoms with Gasteiger partial charge < -0.3 is 10.5 Å². The Labute approximate surface area is 152 Å². The smallest absolute Gasteiger partial charge is 0.340 e. The molecule has 0 aliphatic carbocycles. The van der Waals surface area contributed by atoms with Gasteiger partial charge in [-0.05, 0) is 71.6 Å². The molecule has 0 aromatic heterocycles. The molecule has 0 fully saturated rings. The first kappa shape index (κ1) is 20.8. The molecule has 0 aliphatic heterocycles. The Bertz CT molecular complexity index is 650. The third-order valence-electron chi connectivity index (χ3n) is 3.95. The molecule has 1 rings (SSSR count). The quantitative estimate of drug-likeness (QED) is 0.348. The monoisotopic (exact) mass is 341 g/mol. The summed E-state index contributed by atoms with van der Waals surface area (Å²) in [4.78, 5) is 12.0. The van der Waals surface area contributed by atoms with Crippen molar-refractivity contribution in [3.05, 3.63) is 64.8 Å². The molecule has 0 atom stereocenters. The van der Waals surface area contributed by atoms with Gasteiger partial charge in [-0.1, -0.05) is 41.0 Å². The number of hydrogen-bond acceptors (Lipinski definition) is 3. The van der Waals surface area contributed by atoms with E-state index in [1.54, 1.807) is 24.3 Å². The topological polar surface area (TPSA) is 52.3 Å². The molecule has 0 unspecified atom stereocenters. The predicted molar refractivity (Wildman–Crippen MR) is 107 cm³/mol. The summed E-state index contributed by atoms with van der Waals surface area (Å²) >= 11 is 0. The molecule has 3 heteroatoms. The number of anilines is 1. The maximum absolute atomic E-state index is 12.0. The molecule has 0 radical (unpaired) electrons. The molecular weight excluding hydrogens is 310 g/mol. The molecule has 0 amide bonds. The van der Waals surface area contributed by atoms with E-state index in [4.69, 9.17) is 10.5 Å². The van der Waals surface area contributed by atoms with E-state index >= 15 is 0 Å². The molecule has 0 bridgehead atoms. The zero-order valence-electron chi connectivity index (χ0n) is 16.0. The highest BCUT2D eigenvalue weighted by Crippen LogP contribution is 2.13. The Kier molecular flexibility index (Phi) is 9.38. The van der Waals surface area contributed by atoms with Crippen LogP contribution in [0.1, 0.15) is 63.7 Å². The van der Waals surface area contributed by atoms with Crippen molar-refractivity contribution in [2.75, 3.05) is 12.3 Å². The molecule has 25 heavy (non-hydrogen) atoms. The van der Waals surface area contributed by atoms with E-state index in [2.05, 4.69) is 39.8 Å². The number of carbonyl (C=O) groups is 1. The Hall–Kier alpha value is -2.29. The molecule has 0 spiro atoms. The van der Waals surface area contributed by atoms with Crippen molar-refractivity contribution in [2.45, 2.75) is 53.4 Å². The number of para-hydroxylation sites is 1. The van der Waals surface area contributed by atoms with Crippen molar-refractivity contribution >= 4 is 11.7 Å². The lowest BCUT2D eigenvalue weighted by Gasteiger charge is -2.05. The van der Waals surface area contributed by atoms with Gasteiger partial charge in [0.15, 0.2) is 0 Å². The lowest BCUT2D eigenvalue weighted by Crippen LogP contribution is -2.08. The Balaban J connectivity index is 2.33.